The molecule has 0 amide bonds. The van der Waals surface area contributed by atoms with Gasteiger partial charge < -0.3 is 10.1 Å². The third-order valence-corrected chi connectivity index (χ3v) is 2.32. The number of rotatable bonds is 5. The first kappa shape index (κ1) is 11.1. The van der Waals surface area contributed by atoms with Crippen molar-refractivity contribution in [3.63, 3.8) is 0 Å². The van der Waals surface area contributed by atoms with Crippen LogP contribution in [-0.2, 0) is 4.74 Å². The van der Waals surface area contributed by atoms with E-state index >= 15 is 0 Å². The normalized spacial score (nSPS) is 15.1. The van der Waals surface area contributed by atoms with Gasteiger partial charge in [-0.25, -0.2) is 0 Å². The second-order valence-electron chi connectivity index (χ2n) is 3.46. The van der Waals surface area contributed by atoms with Crippen LogP contribution in [0.25, 0.3) is 0 Å². The molecule has 78 valence electrons. The zero-order valence-electron chi connectivity index (χ0n) is 9.03. The van der Waals surface area contributed by atoms with Crippen molar-refractivity contribution in [3.8, 4) is 0 Å². The molecule has 0 spiro atoms. The Kier molecular flexibility index (Phi) is 4.56. The molecule has 1 aromatic heterocycles. The standard InChI is InChI=1S/C11H18N2O/c1-9(14-3)8-13-10(2)11-4-6-12-7-5-11/h4-7,9-10,13H,8H2,1-3H3/t9?,10-/m0/s1. The van der Waals surface area contributed by atoms with E-state index in [1.165, 1.54) is 5.56 Å². The molecule has 1 aromatic rings. The van der Waals surface area contributed by atoms with E-state index in [0.717, 1.165) is 6.54 Å². The average Bonchev–Trinajstić information content (AvgIpc) is 2.26. The maximum Gasteiger partial charge on any atom is 0.0667 e. The van der Waals surface area contributed by atoms with Gasteiger partial charge in [0.2, 0.25) is 0 Å². The molecule has 3 heteroatoms. The molecule has 0 aromatic carbocycles. The summed E-state index contributed by atoms with van der Waals surface area (Å²) in [6.45, 7) is 5.05. The predicted octanol–water partition coefficient (Wildman–Crippen LogP) is 1.77. The first-order chi connectivity index (χ1) is 6.74. The zero-order valence-corrected chi connectivity index (χ0v) is 9.03. The fourth-order valence-corrected chi connectivity index (χ4v) is 1.20. The lowest BCUT2D eigenvalue weighted by atomic mass is 10.1. The van der Waals surface area contributed by atoms with E-state index in [2.05, 4.69) is 17.2 Å². The maximum atomic E-state index is 5.16. The molecule has 0 fully saturated rings. The summed E-state index contributed by atoms with van der Waals surface area (Å²) in [5.41, 5.74) is 1.25. The molecule has 0 radical (unpaired) electrons. The Morgan fingerprint density at radius 1 is 1.36 bits per heavy atom. The summed E-state index contributed by atoms with van der Waals surface area (Å²) in [5, 5.41) is 3.40. The van der Waals surface area contributed by atoms with Crippen LogP contribution in [0.4, 0.5) is 0 Å². The Bertz CT molecular complexity index is 251. The second kappa shape index (κ2) is 5.73. The van der Waals surface area contributed by atoms with Gasteiger partial charge in [-0.3, -0.25) is 4.98 Å². The van der Waals surface area contributed by atoms with Crippen LogP contribution in [0.15, 0.2) is 24.5 Å². The molecule has 1 rings (SSSR count). The molecule has 0 aliphatic heterocycles. The van der Waals surface area contributed by atoms with E-state index in [0.29, 0.717) is 6.04 Å². The molecular formula is C11H18N2O. The second-order valence-corrected chi connectivity index (χ2v) is 3.46. The summed E-state index contributed by atoms with van der Waals surface area (Å²) < 4.78 is 5.16. The fraction of sp³-hybridized carbons (Fsp3) is 0.545. The molecule has 0 aliphatic carbocycles. The number of nitrogens with one attached hydrogen (secondary N) is 1. The van der Waals surface area contributed by atoms with Gasteiger partial charge in [-0.15, -0.1) is 0 Å². The van der Waals surface area contributed by atoms with Crippen molar-refractivity contribution in [1.29, 1.82) is 0 Å². The predicted molar refractivity (Wildman–Crippen MR) is 57.1 cm³/mol. The monoisotopic (exact) mass is 194 g/mol. The van der Waals surface area contributed by atoms with Crippen LogP contribution in [0.1, 0.15) is 25.5 Å². The highest BCUT2D eigenvalue weighted by Crippen LogP contribution is 2.09. The topological polar surface area (TPSA) is 34.1 Å². The molecule has 0 saturated carbocycles. The third kappa shape index (κ3) is 3.44. The summed E-state index contributed by atoms with van der Waals surface area (Å²) in [5.74, 6) is 0. The van der Waals surface area contributed by atoms with Crippen molar-refractivity contribution in [2.45, 2.75) is 26.0 Å². The summed E-state index contributed by atoms with van der Waals surface area (Å²) in [7, 11) is 1.73. The number of pyridine rings is 1. The third-order valence-electron chi connectivity index (χ3n) is 2.32. The molecular weight excluding hydrogens is 176 g/mol. The molecule has 0 bridgehead atoms. The van der Waals surface area contributed by atoms with Gasteiger partial charge in [0.1, 0.15) is 0 Å². The molecule has 2 atom stereocenters. The van der Waals surface area contributed by atoms with E-state index < -0.39 is 0 Å². The van der Waals surface area contributed by atoms with Crippen molar-refractivity contribution in [2.75, 3.05) is 13.7 Å². The molecule has 1 N–H and O–H groups in total. The summed E-state index contributed by atoms with van der Waals surface area (Å²) in [6.07, 6.45) is 3.87. The average molecular weight is 194 g/mol. The van der Waals surface area contributed by atoms with Crippen molar-refractivity contribution in [3.05, 3.63) is 30.1 Å². The van der Waals surface area contributed by atoms with Gasteiger partial charge in [-0.2, -0.15) is 0 Å². The largest absolute Gasteiger partial charge is 0.380 e. The smallest absolute Gasteiger partial charge is 0.0667 e. The van der Waals surface area contributed by atoms with Gasteiger partial charge in [0, 0.05) is 32.1 Å². The quantitative estimate of drug-likeness (QED) is 0.775. The van der Waals surface area contributed by atoms with Gasteiger partial charge in [0.15, 0.2) is 0 Å². The Balaban J connectivity index is 2.39. The van der Waals surface area contributed by atoms with Crippen LogP contribution >= 0.6 is 0 Å². The van der Waals surface area contributed by atoms with Gasteiger partial charge in [-0.1, -0.05) is 0 Å². The number of aromatic nitrogens is 1. The van der Waals surface area contributed by atoms with Crippen LogP contribution in [0.2, 0.25) is 0 Å². The van der Waals surface area contributed by atoms with E-state index in [-0.39, 0.29) is 6.10 Å². The highest BCUT2D eigenvalue weighted by molar-refractivity contribution is 5.13. The van der Waals surface area contributed by atoms with Crippen molar-refractivity contribution in [1.82, 2.24) is 10.3 Å². The number of ether oxygens (including phenoxy) is 1. The number of hydrogen-bond acceptors (Lipinski definition) is 3. The van der Waals surface area contributed by atoms with Crippen LogP contribution in [0, 0.1) is 0 Å². The van der Waals surface area contributed by atoms with Crippen molar-refractivity contribution in [2.24, 2.45) is 0 Å². The lowest BCUT2D eigenvalue weighted by Gasteiger charge is -2.16. The lowest BCUT2D eigenvalue weighted by molar-refractivity contribution is 0.115. The van der Waals surface area contributed by atoms with Gasteiger partial charge in [-0.05, 0) is 31.5 Å². The van der Waals surface area contributed by atoms with Crippen molar-refractivity contribution >= 4 is 0 Å². The molecule has 0 aliphatic rings. The Hall–Kier alpha value is -0.930. The zero-order chi connectivity index (χ0) is 10.4. The van der Waals surface area contributed by atoms with E-state index in [1.807, 2.05) is 31.5 Å². The fourth-order valence-electron chi connectivity index (χ4n) is 1.20. The molecule has 1 heterocycles. The SMILES string of the molecule is COC(C)CN[C@@H](C)c1ccncc1. The van der Waals surface area contributed by atoms with Crippen molar-refractivity contribution < 1.29 is 4.74 Å². The number of hydrogen-bond donors (Lipinski definition) is 1. The minimum absolute atomic E-state index is 0.249. The number of methoxy groups -OCH3 is 1. The highest BCUT2D eigenvalue weighted by Gasteiger charge is 2.05. The minimum Gasteiger partial charge on any atom is -0.380 e. The molecule has 14 heavy (non-hydrogen) atoms. The van der Waals surface area contributed by atoms with Crippen LogP contribution in [0.5, 0.6) is 0 Å². The Morgan fingerprint density at radius 2 is 2.00 bits per heavy atom. The molecule has 0 saturated heterocycles. The van der Waals surface area contributed by atoms with E-state index in [9.17, 15) is 0 Å². The summed E-state index contributed by atoms with van der Waals surface area (Å²) >= 11 is 0. The van der Waals surface area contributed by atoms with Crippen LogP contribution < -0.4 is 5.32 Å². The summed E-state index contributed by atoms with van der Waals surface area (Å²) in [6, 6.07) is 4.39. The Labute approximate surface area is 85.5 Å². The first-order valence-corrected chi connectivity index (χ1v) is 4.90. The van der Waals surface area contributed by atoms with Crippen LogP contribution in [0.3, 0.4) is 0 Å². The highest BCUT2D eigenvalue weighted by atomic mass is 16.5. The minimum atomic E-state index is 0.249. The van der Waals surface area contributed by atoms with Gasteiger partial charge >= 0.3 is 0 Å². The number of nitrogens with zero attached hydrogens (tertiary/aromatic N) is 1. The van der Waals surface area contributed by atoms with Gasteiger partial charge in [0.05, 0.1) is 6.10 Å². The lowest BCUT2D eigenvalue weighted by Crippen LogP contribution is -2.28. The first-order valence-electron chi connectivity index (χ1n) is 4.90. The summed E-state index contributed by atoms with van der Waals surface area (Å²) in [4.78, 5) is 3.99. The Morgan fingerprint density at radius 3 is 2.57 bits per heavy atom. The maximum absolute atomic E-state index is 5.16. The van der Waals surface area contributed by atoms with Crippen LogP contribution in [-0.4, -0.2) is 24.7 Å². The van der Waals surface area contributed by atoms with E-state index in [1.54, 1.807) is 7.11 Å². The van der Waals surface area contributed by atoms with Gasteiger partial charge in [0.25, 0.3) is 0 Å². The van der Waals surface area contributed by atoms with E-state index in [4.69, 9.17) is 4.74 Å². The molecule has 3 nitrogen and oxygen atoms in total. The molecule has 1 unspecified atom stereocenters.